The topological polar surface area (TPSA) is 55.6 Å². The minimum Gasteiger partial charge on any atom is -0.462 e. The van der Waals surface area contributed by atoms with Crippen molar-refractivity contribution < 1.29 is 9.53 Å². The number of hydrogen-bond donors (Lipinski definition) is 1. The van der Waals surface area contributed by atoms with E-state index in [-0.39, 0.29) is 6.04 Å². The van der Waals surface area contributed by atoms with E-state index in [1.54, 1.807) is 30.8 Å². The predicted molar refractivity (Wildman–Crippen MR) is 92.7 cm³/mol. The van der Waals surface area contributed by atoms with Gasteiger partial charge in [0.1, 0.15) is 0 Å². The number of carbonyl (C=O) groups is 1. The van der Waals surface area contributed by atoms with Gasteiger partial charge in [-0.15, -0.1) is 0 Å². The molecule has 1 aromatic carbocycles. The van der Waals surface area contributed by atoms with Crippen molar-refractivity contribution in [1.29, 1.82) is 0 Å². The fourth-order valence-electron chi connectivity index (χ4n) is 2.22. The predicted octanol–water partition coefficient (Wildman–Crippen LogP) is 3.68. The lowest BCUT2D eigenvalue weighted by Crippen LogP contribution is -2.34. The summed E-state index contributed by atoms with van der Waals surface area (Å²) in [5, 5.41) is 0.472. The number of halogens is 1. The summed E-state index contributed by atoms with van der Waals surface area (Å²) < 4.78 is 5.12. The van der Waals surface area contributed by atoms with Gasteiger partial charge in [0.05, 0.1) is 22.9 Å². The van der Waals surface area contributed by atoms with Crippen LogP contribution < -0.4 is 10.6 Å². The maximum absolute atomic E-state index is 12.2. The van der Waals surface area contributed by atoms with E-state index < -0.39 is 5.97 Å². The molecule has 1 unspecified atom stereocenters. The molecule has 0 radical (unpaired) electrons. The van der Waals surface area contributed by atoms with Gasteiger partial charge < -0.3 is 15.4 Å². The van der Waals surface area contributed by atoms with Crippen molar-refractivity contribution in [3.05, 3.63) is 22.7 Å². The van der Waals surface area contributed by atoms with E-state index >= 15 is 0 Å². The number of esters is 1. The van der Waals surface area contributed by atoms with E-state index in [4.69, 9.17) is 22.1 Å². The summed E-state index contributed by atoms with van der Waals surface area (Å²) in [6, 6.07) is 3.58. The Kier molecular flexibility index (Phi) is 7.18. The third kappa shape index (κ3) is 4.45. The number of ether oxygens (including phenoxy) is 1. The molecule has 1 rings (SSSR count). The zero-order valence-corrected chi connectivity index (χ0v) is 14.6. The Morgan fingerprint density at radius 3 is 2.67 bits per heavy atom. The molecule has 0 saturated carbocycles. The smallest absolute Gasteiger partial charge is 0.340 e. The molecule has 0 amide bonds. The first kappa shape index (κ1) is 18.0. The van der Waals surface area contributed by atoms with Crippen molar-refractivity contribution in [1.82, 2.24) is 0 Å². The van der Waals surface area contributed by atoms with E-state index in [0.29, 0.717) is 28.6 Å². The first-order chi connectivity index (χ1) is 9.96. The second-order valence-corrected chi connectivity index (χ2v) is 6.07. The van der Waals surface area contributed by atoms with Gasteiger partial charge >= 0.3 is 5.97 Å². The fourth-order valence-corrected chi connectivity index (χ4v) is 3.43. The quantitative estimate of drug-likeness (QED) is 0.610. The SMILES string of the molecule is CCOC(=O)c1cc(N)cc(Cl)c1N(C)C(CC)CSC. The third-order valence-electron chi connectivity index (χ3n) is 3.31. The molecule has 0 heterocycles. The number of anilines is 2. The van der Waals surface area contributed by atoms with Crippen molar-refractivity contribution in [2.75, 3.05) is 36.3 Å². The van der Waals surface area contributed by atoms with Crippen LogP contribution >= 0.6 is 23.4 Å². The number of nitrogen functional groups attached to an aromatic ring is 1. The summed E-state index contributed by atoms with van der Waals surface area (Å²) in [5.74, 6) is 0.559. The Balaban J connectivity index is 3.28. The van der Waals surface area contributed by atoms with Gasteiger partial charge in [-0.05, 0) is 31.7 Å². The van der Waals surface area contributed by atoms with Crippen molar-refractivity contribution in [3.8, 4) is 0 Å². The van der Waals surface area contributed by atoms with Crippen molar-refractivity contribution >= 4 is 40.7 Å². The van der Waals surface area contributed by atoms with Gasteiger partial charge in [0.25, 0.3) is 0 Å². The second-order valence-electron chi connectivity index (χ2n) is 4.75. The average Bonchev–Trinajstić information content (AvgIpc) is 2.43. The van der Waals surface area contributed by atoms with Crippen LogP contribution in [0.5, 0.6) is 0 Å². The monoisotopic (exact) mass is 330 g/mol. The van der Waals surface area contributed by atoms with Gasteiger partial charge in [-0.25, -0.2) is 4.79 Å². The number of nitrogens with two attached hydrogens (primary N) is 1. The molecule has 6 heteroatoms. The highest BCUT2D eigenvalue weighted by Gasteiger charge is 2.23. The maximum atomic E-state index is 12.2. The minimum atomic E-state index is -0.396. The molecule has 4 nitrogen and oxygen atoms in total. The Labute approximate surface area is 136 Å². The highest BCUT2D eigenvalue weighted by Crippen LogP contribution is 2.34. The molecule has 0 aliphatic rings. The number of benzene rings is 1. The van der Waals surface area contributed by atoms with Gasteiger partial charge in [0.2, 0.25) is 0 Å². The van der Waals surface area contributed by atoms with E-state index in [2.05, 4.69) is 13.2 Å². The number of hydrogen-bond acceptors (Lipinski definition) is 5. The highest BCUT2D eigenvalue weighted by atomic mass is 35.5. The lowest BCUT2D eigenvalue weighted by Gasteiger charge is -2.31. The van der Waals surface area contributed by atoms with Crippen LogP contribution in [0.25, 0.3) is 0 Å². The van der Waals surface area contributed by atoms with E-state index in [1.165, 1.54) is 0 Å². The number of thioether (sulfide) groups is 1. The number of rotatable bonds is 7. The van der Waals surface area contributed by atoms with Crippen LogP contribution in [0.1, 0.15) is 30.6 Å². The summed E-state index contributed by atoms with van der Waals surface area (Å²) >= 11 is 8.10. The lowest BCUT2D eigenvalue weighted by atomic mass is 10.1. The summed E-state index contributed by atoms with van der Waals surface area (Å²) in [6.07, 6.45) is 3.02. The molecule has 2 N–H and O–H groups in total. The van der Waals surface area contributed by atoms with Gasteiger partial charge in [-0.1, -0.05) is 18.5 Å². The molecule has 118 valence electrons. The average molecular weight is 331 g/mol. The molecule has 1 aromatic rings. The first-order valence-corrected chi connectivity index (χ1v) is 8.71. The molecule has 1 atom stereocenters. The fraction of sp³-hybridized carbons (Fsp3) is 0.533. The maximum Gasteiger partial charge on any atom is 0.340 e. The van der Waals surface area contributed by atoms with Crippen LogP contribution in [0.4, 0.5) is 11.4 Å². The van der Waals surface area contributed by atoms with Crippen molar-refractivity contribution in [2.45, 2.75) is 26.3 Å². The molecule has 0 spiro atoms. The number of nitrogens with zero attached hydrogens (tertiary/aromatic N) is 1. The van der Waals surface area contributed by atoms with E-state index in [0.717, 1.165) is 12.2 Å². The van der Waals surface area contributed by atoms with Crippen LogP contribution in [0.15, 0.2) is 12.1 Å². The second kappa shape index (κ2) is 8.39. The Bertz CT molecular complexity index is 497. The molecule has 21 heavy (non-hydrogen) atoms. The molecule has 0 aliphatic carbocycles. The molecule has 0 bridgehead atoms. The summed E-state index contributed by atoms with van der Waals surface area (Å²) in [4.78, 5) is 14.2. The Morgan fingerprint density at radius 1 is 1.48 bits per heavy atom. The molecule has 0 aromatic heterocycles. The van der Waals surface area contributed by atoms with E-state index in [1.807, 2.05) is 11.9 Å². The van der Waals surface area contributed by atoms with Gasteiger partial charge in [0.15, 0.2) is 0 Å². The standard InChI is InChI=1S/C15H23ClN2O2S/c1-5-11(9-21-4)18(3)14-12(15(19)20-6-2)7-10(17)8-13(14)16/h7-8,11H,5-6,9,17H2,1-4H3. The highest BCUT2D eigenvalue weighted by molar-refractivity contribution is 7.98. The zero-order valence-electron chi connectivity index (χ0n) is 13.0. The summed E-state index contributed by atoms with van der Waals surface area (Å²) in [6.45, 7) is 4.21. The normalized spacial score (nSPS) is 12.0. The first-order valence-electron chi connectivity index (χ1n) is 6.94. The zero-order chi connectivity index (χ0) is 16.0. The van der Waals surface area contributed by atoms with Crippen LogP contribution in [0.3, 0.4) is 0 Å². The molecular weight excluding hydrogens is 308 g/mol. The van der Waals surface area contributed by atoms with Crippen LogP contribution in [-0.2, 0) is 4.74 Å². The van der Waals surface area contributed by atoms with Gasteiger partial charge in [0, 0.05) is 24.5 Å². The third-order valence-corrected chi connectivity index (χ3v) is 4.32. The molecule has 0 aliphatic heterocycles. The van der Waals surface area contributed by atoms with Crippen LogP contribution in [-0.4, -0.2) is 37.7 Å². The van der Waals surface area contributed by atoms with E-state index in [9.17, 15) is 4.79 Å². The Hall–Kier alpha value is -1.07. The molecular formula is C15H23ClN2O2S. The van der Waals surface area contributed by atoms with Crippen molar-refractivity contribution in [2.24, 2.45) is 0 Å². The lowest BCUT2D eigenvalue weighted by molar-refractivity contribution is 0.0527. The van der Waals surface area contributed by atoms with Crippen LogP contribution in [0.2, 0.25) is 5.02 Å². The van der Waals surface area contributed by atoms with Gasteiger partial charge in [-0.2, -0.15) is 11.8 Å². The van der Waals surface area contributed by atoms with Crippen molar-refractivity contribution in [3.63, 3.8) is 0 Å². The molecule has 0 fully saturated rings. The summed E-state index contributed by atoms with van der Waals surface area (Å²) in [7, 11) is 1.95. The van der Waals surface area contributed by atoms with Gasteiger partial charge in [-0.3, -0.25) is 0 Å². The largest absolute Gasteiger partial charge is 0.462 e. The minimum absolute atomic E-state index is 0.286. The summed E-state index contributed by atoms with van der Waals surface area (Å²) in [5.41, 5.74) is 7.38. The molecule has 0 saturated heterocycles. The number of carbonyl (C=O) groups excluding carboxylic acids is 1. The Morgan fingerprint density at radius 2 is 2.14 bits per heavy atom. The van der Waals surface area contributed by atoms with Crippen LogP contribution in [0, 0.1) is 0 Å².